The Morgan fingerprint density at radius 3 is 2.31 bits per heavy atom. The van der Waals surface area contributed by atoms with E-state index >= 15 is 0 Å². The number of aromatic amines is 1. The van der Waals surface area contributed by atoms with Crippen molar-refractivity contribution in [2.75, 3.05) is 18.0 Å². The summed E-state index contributed by atoms with van der Waals surface area (Å²) in [5, 5.41) is 23.5. The molecule has 2 fully saturated rings. The van der Waals surface area contributed by atoms with Gasteiger partial charge in [0, 0.05) is 48.8 Å². The van der Waals surface area contributed by atoms with Crippen molar-refractivity contribution in [3.05, 3.63) is 141 Å². The molecule has 3 aliphatic heterocycles. The zero-order valence-electron chi connectivity index (χ0n) is 50.1. The number of H-pyrrole nitrogens is 1. The Bertz CT molecular complexity index is 3650. The third-order valence-electron chi connectivity index (χ3n) is 17.7. The van der Waals surface area contributed by atoms with Crippen LogP contribution < -0.4 is 31.9 Å². The van der Waals surface area contributed by atoms with Gasteiger partial charge in [-0.2, -0.15) is 0 Å². The molecule has 21 nitrogen and oxygen atoms in total. The smallest absolute Gasteiger partial charge is 0.391 e. The van der Waals surface area contributed by atoms with Crippen LogP contribution in [0.3, 0.4) is 0 Å². The molecule has 0 bridgehead atoms. The lowest BCUT2D eigenvalue weighted by atomic mass is 9.70. The average molecular weight is 1240 g/mol. The highest BCUT2D eigenvalue weighted by molar-refractivity contribution is 7.70. The number of primary amides is 1. The minimum absolute atomic E-state index is 0.0246. The SMILES string of the molecule is Cc1ncsc1-c1ccc(CNC(=O)[C@@H]2C[C@@H](O)CN2C(=O)[C@@H](NCCC2CC(Cc3ccc(CO[C@H](C)[C@H](CCC(N)=O)NC(=O)[C@@H]4Cc5cccc6c5N4C(=O)[C@@H](NC(=O)c4cc5cc(C(=O)P(=O)(O)O)ccc5[nH]4)CC6)cc3)C2)C(C)(C)C)cc1. The standard InChI is InChI=1S/C65H78N9O12PS/c1-36-57(88-35-69-36)44-15-13-39(14-16-44)32-68-60(78)53-31-48(75)33-73(53)63(81)58(65(3,4)5)67-24-23-41-26-42(27-41)25-38-9-11-40(12-10-38)34-86-37(2)49(21-22-55(66)76)71-61(79)54-30-45-8-6-7-43-17-20-51(62(80)74(54)56(43)45)72-59(77)52-29-47-28-46(18-19-50(47)70-52)64(82)87(83,84)85/h6-16,18-19,28-29,35,37,41-42,48-49,51,53-54,58,67,70,75H,17,20-27,30-34H2,1-5H3,(H2,66,76)(H,68,78)(H,71,79)(H,72,77)(H2,83,84,85)/t37-,41?,42?,48-,49+,51+,53+,54+,58-/m1/s1. The number of para-hydroxylation sites is 1. The first-order chi connectivity index (χ1) is 41.9. The molecule has 0 spiro atoms. The number of hydrogen-bond donors (Lipinski definition) is 9. The average Bonchev–Trinajstić information content (AvgIpc) is 1.94. The Morgan fingerprint density at radius 2 is 1.61 bits per heavy atom. The van der Waals surface area contributed by atoms with Crippen LogP contribution in [-0.4, -0.2) is 126 Å². The van der Waals surface area contributed by atoms with Crippen LogP contribution in [0.1, 0.15) is 127 Å². The van der Waals surface area contributed by atoms with Gasteiger partial charge in [0.05, 0.1) is 52.7 Å². The number of nitrogens with two attached hydrogens (primary N) is 1. The second-order valence-electron chi connectivity index (χ2n) is 25.2. The molecule has 10 N–H and O–H groups in total. The molecule has 10 rings (SSSR count). The highest BCUT2D eigenvalue weighted by Gasteiger charge is 2.46. The summed E-state index contributed by atoms with van der Waals surface area (Å²) in [4.78, 5) is 125. The minimum Gasteiger partial charge on any atom is -0.391 e. The fraction of sp³-hybridized carbons (Fsp3) is 0.446. The first-order valence-corrected chi connectivity index (χ1v) is 32.6. The third kappa shape index (κ3) is 14.7. The molecule has 6 amide bonds. The summed E-state index contributed by atoms with van der Waals surface area (Å²) in [6.07, 6.45) is 3.80. The number of anilines is 1. The fourth-order valence-electron chi connectivity index (χ4n) is 12.8. The van der Waals surface area contributed by atoms with Crippen LogP contribution in [0.25, 0.3) is 21.3 Å². The van der Waals surface area contributed by atoms with E-state index in [0.717, 1.165) is 64.1 Å². The molecule has 5 heterocycles. The lowest BCUT2D eigenvalue weighted by Crippen LogP contribution is -2.56. The van der Waals surface area contributed by atoms with Gasteiger partial charge in [-0.3, -0.25) is 43.0 Å². The van der Waals surface area contributed by atoms with Crippen LogP contribution in [0, 0.1) is 24.2 Å². The second kappa shape index (κ2) is 26.7. The number of fused-ring (bicyclic) bond motifs is 1. The molecule has 4 aromatic carbocycles. The van der Waals surface area contributed by atoms with E-state index in [1.54, 1.807) is 16.2 Å². The zero-order valence-corrected chi connectivity index (χ0v) is 51.8. The van der Waals surface area contributed by atoms with Crippen molar-refractivity contribution in [2.45, 2.75) is 154 Å². The van der Waals surface area contributed by atoms with Crippen molar-refractivity contribution < 1.29 is 57.8 Å². The van der Waals surface area contributed by atoms with E-state index in [2.05, 4.69) is 43.4 Å². The number of aliphatic hydroxyl groups is 1. The summed E-state index contributed by atoms with van der Waals surface area (Å²) >= 11 is 1.58. The van der Waals surface area contributed by atoms with E-state index in [9.17, 15) is 53.0 Å². The van der Waals surface area contributed by atoms with E-state index in [4.69, 9.17) is 10.5 Å². The minimum atomic E-state index is -5.05. The summed E-state index contributed by atoms with van der Waals surface area (Å²) in [5.41, 5.74) is 13.3. The Labute approximate surface area is 515 Å². The molecule has 466 valence electrons. The Hall–Kier alpha value is -7.43. The maximum atomic E-state index is 14.6. The Balaban J connectivity index is 0.686. The molecule has 7 atom stereocenters. The molecule has 1 saturated carbocycles. The van der Waals surface area contributed by atoms with Gasteiger partial charge in [0.25, 0.3) is 11.4 Å². The molecule has 6 aromatic rings. The number of aliphatic hydroxyl groups excluding tert-OH is 1. The quantitative estimate of drug-likeness (QED) is 0.0292. The Kier molecular flexibility index (Phi) is 19.3. The maximum absolute atomic E-state index is 14.6. The number of carbonyl (C=O) groups is 7. The van der Waals surface area contributed by atoms with Gasteiger partial charge in [-0.05, 0) is 140 Å². The number of carbonyl (C=O) groups excluding carboxylic acids is 7. The molecule has 1 aliphatic carbocycles. The topological polar surface area (TPSA) is 316 Å². The van der Waals surface area contributed by atoms with E-state index in [0.29, 0.717) is 47.9 Å². The number of benzene rings is 4. The van der Waals surface area contributed by atoms with Gasteiger partial charge in [0.1, 0.15) is 23.8 Å². The monoisotopic (exact) mass is 1240 g/mol. The van der Waals surface area contributed by atoms with Gasteiger partial charge < -0.3 is 56.5 Å². The molecule has 0 unspecified atom stereocenters. The molecule has 88 heavy (non-hydrogen) atoms. The van der Waals surface area contributed by atoms with Crippen molar-refractivity contribution in [1.29, 1.82) is 0 Å². The number of aromatic nitrogens is 2. The van der Waals surface area contributed by atoms with E-state index in [1.165, 1.54) is 34.7 Å². The largest absolute Gasteiger partial charge is 0.396 e. The second-order valence-corrected chi connectivity index (χ2v) is 27.6. The van der Waals surface area contributed by atoms with E-state index in [1.807, 2.05) is 94.7 Å². The van der Waals surface area contributed by atoms with Crippen molar-refractivity contribution in [1.82, 2.24) is 36.1 Å². The normalized spacial score (nSPS) is 21.0. The number of nitrogens with zero attached hydrogens (tertiary/aromatic N) is 3. The predicted octanol–water partition coefficient (Wildman–Crippen LogP) is 6.52. The van der Waals surface area contributed by atoms with Gasteiger partial charge in [-0.1, -0.05) is 87.5 Å². The van der Waals surface area contributed by atoms with Crippen molar-refractivity contribution >= 4 is 76.5 Å². The summed E-state index contributed by atoms with van der Waals surface area (Å²) in [5.74, 6) is -1.56. The van der Waals surface area contributed by atoms with Crippen LogP contribution in [0.2, 0.25) is 0 Å². The first-order valence-electron chi connectivity index (χ1n) is 30.1. The lowest BCUT2D eigenvalue weighted by molar-refractivity contribution is -0.142. The summed E-state index contributed by atoms with van der Waals surface area (Å²) < 4.78 is 18.0. The number of hydrogen-bond acceptors (Lipinski definition) is 13. The van der Waals surface area contributed by atoms with Gasteiger partial charge in [0.15, 0.2) is 0 Å². The number of ether oxygens (including phenoxy) is 1. The number of amides is 6. The summed E-state index contributed by atoms with van der Waals surface area (Å²) in [7, 11) is -5.05. The molecular formula is C65H78N9O12PS. The number of β-amino-alcohol motifs (C(OH)–C–C–N with tert-alkyl or cyclic N) is 1. The van der Waals surface area contributed by atoms with Gasteiger partial charge in [-0.25, -0.2) is 4.98 Å². The van der Waals surface area contributed by atoms with Crippen LogP contribution >= 0.6 is 18.9 Å². The molecular weight excluding hydrogens is 1160 g/mol. The third-order valence-corrected chi connectivity index (χ3v) is 19.5. The molecule has 0 radical (unpaired) electrons. The highest BCUT2D eigenvalue weighted by Crippen LogP contribution is 2.42. The van der Waals surface area contributed by atoms with Gasteiger partial charge in [0.2, 0.25) is 29.5 Å². The molecule has 1 saturated heterocycles. The van der Waals surface area contributed by atoms with E-state index < -0.39 is 84.6 Å². The number of likely N-dealkylation sites (tertiary alicyclic amines) is 1. The fourth-order valence-corrected chi connectivity index (χ4v) is 14.1. The van der Waals surface area contributed by atoms with Crippen LogP contribution in [0.15, 0.2) is 96.5 Å². The van der Waals surface area contributed by atoms with Crippen LogP contribution in [-0.2, 0) is 65.7 Å². The van der Waals surface area contributed by atoms with Crippen LogP contribution in [0.5, 0.6) is 0 Å². The van der Waals surface area contributed by atoms with Crippen molar-refractivity contribution in [2.24, 2.45) is 23.0 Å². The highest BCUT2D eigenvalue weighted by atomic mass is 32.1. The van der Waals surface area contributed by atoms with Crippen LogP contribution in [0.4, 0.5) is 5.69 Å². The molecule has 23 heteroatoms. The lowest BCUT2D eigenvalue weighted by Gasteiger charge is -2.38. The summed E-state index contributed by atoms with van der Waals surface area (Å²) in [6, 6.07) is 23.3. The zero-order chi connectivity index (χ0) is 62.8. The van der Waals surface area contributed by atoms with Gasteiger partial charge in [-0.15, -0.1) is 11.3 Å². The Morgan fingerprint density at radius 1 is 0.898 bits per heavy atom. The number of thiazole rings is 1. The maximum Gasteiger partial charge on any atom is 0.396 e. The number of aryl methyl sites for hydroxylation is 2. The van der Waals surface area contributed by atoms with Crippen molar-refractivity contribution in [3.63, 3.8) is 0 Å². The molecule has 2 aromatic heterocycles. The summed E-state index contributed by atoms with van der Waals surface area (Å²) in [6.45, 7) is 11.1. The first kappa shape index (κ1) is 63.6. The van der Waals surface area contributed by atoms with E-state index in [-0.39, 0.29) is 68.3 Å². The molecule has 4 aliphatic rings. The number of rotatable bonds is 24. The number of nitrogens with one attached hydrogen (secondary N) is 5. The predicted molar refractivity (Wildman–Crippen MR) is 333 cm³/mol. The van der Waals surface area contributed by atoms with Gasteiger partial charge >= 0.3 is 7.60 Å². The van der Waals surface area contributed by atoms with Crippen molar-refractivity contribution in [3.8, 4) is 10.4 Å².